The van der Waals surface area contributed by atoms with Gasteiger partial charge in [-0.2, -0.15) is 13.2 Å². The van der Waals surface area contributed by atoms with Crippen molar-refractivity contribution in [3.8, 4) is 0 Å². The third-order valence-corrected chi connectivity index (χ3v) is 2.40. The van der Waals surface area contributed by atoms with Crippen molar-refractivity contribution in [1.82, 2.24) is 0 Å². The molecule has 0 aromatic heterocycles. The van der Waals surface area contributed by atoms with Crippen LogP contribution < -0.4 is 5.73 Å². The summed E-state index contributed by atoms with van der Waals surface area (Å²) in [4.78, 5) is 10.8. The first-order chi connectivity index (χ1) is 8.25. The standard InChI is InChI=1S/C11H12F3NO3/c12-11(13,14)8-4-6(9(15)1-2-16)3-7(5-8)10(17)18/h3-5,9,16H,1-2,15H2,(H,17,18)/t9-/m1/s1. The molecule has 1 aromatic rings. The number of carboxylic acids is 1. The highest BCUT2D eigenvalue weighted by Crippen LogP contribution is 2.32. The first kappa shape index (κ1) is 14.5. The average Bonchev–Trinajstić information content (AvgIpc) is 2.27. The van der Waals surface area contributed by atoms with Gasteiger partial charge in [0.15, 0.2) is 0 Å². The van der Waals surface area contributed by atoms with Crippen molar-refractivity contribution >= 4 is 5.97 Å². The monoisotopic (exact) mass is 263 g/mol. The van der Waals surface area contributed by atoms with Crippen LogP contribution in [0.2, 0.25) is 0 Å². The van der Waals surface area contributed by atoms with E-state index in [2.05, 4.69) is 0 Å². The molecule has 7 heteroatoms. The Balaban J connectivity index is 3.27. The number of carboxylic acid groups (broad SMARTS) is 1. The predicted octanol–water partition coefficient (Wildman–Crippen LogP) is 1.79. The third kappa shape index (κ3) is 3.44. The van der Waals surface area contributed by atoms with Gasteiger partial charge in [-0.15, -0.1) is 0 Å². The number of nitrogens with two attached hydrogens (primary N) is 1. The zero-order valence-corrected chi connectivity index (χ0v) is 9.24. The van der Waals surface area contributed by atoms with Gasteiger partial charge in [-0.3, -0.25) is 0 Å². The van der Waals surface area contributed by atoms with E-state index < -0.39 is 29.3 Å². The maximum Gasteiger partial charge on any atom is 0.416 e. The van der Waals surface area contributed by atoms with E-state index in [4.69, 9.17) is 15.9 Å². The minimum absolute atomic E-state index is 0.0382. The Bertz CT molecular complexity index is 446. The molecule has 1 aromatic carbocycles. The van der Waals surface area contributed by atoms with Gasteiger partial charge in [-0.1, -0.05) is 0 Å². The molecule has 0 spiro atoms. The Hall–Kier alpha value is -1.60. The molecule has 100 valence electrons. The van der Waals surface area contributed by atoms with Crippen LogP contribution >= 0.6 is 0 Å². The molecule has 0 bridgehead atoms. The van der Waals surface area contributed by atoms with Crippen molar-refractivity contribution in [2.24, 2.45) is 5.73 Å². The van der Waals surface area contributed by atoms with Crippen LogP contribution in [0, 0.1) is 0 Å². The lowest BCUT2D eigenvalue weighted by molar-refractivity contribution is -0.137. The first-order valence-electron chi connectivity index (χ1n) is 5.07. The molecule has 0 fully saturated rings. The fraction of sp³-hybridized carbons (Fsp3) is 0.364. The Morgan fingerprint density at radius 3 is 2.39 bits per heavy atom. The fourth-order valence-corrected chi connectivity index (χ4v) is 1.46. The quantitative estimate of drug-likeness (QED) is 0.773. The highest BCUT2D eigenvalue weighted by Gasteiger charge is 2.32. The molecule has 0 aliphatic carbocycles. The van der Waals surface area contributed by atoms with Gasteiger partial charge in [-0.25, -0.2) is 4.79 Å². The third-order valence-electron chi connectivity index (χ3n) is 2.40. The van der Waals surface area contributed by atoms with Gasteiger partial charge in [0.1, 0.15) is 0 Å². The van der Waals surface area contributed by atoms with Crippen LogP contribution in [-0.4, -0.2) is 22.8 Å². The molecule has 0 saturated carbocycles. The number of rotatable bonds is 4. The Labute approximate surface area is 101 Å². The van der Waals surface area contributed by atoms with Crippen molar-refractivity contribution in [1.29, 1.82) is 0 Å². The van der Waals surface area contributed by atoms with Crippen LogP contribution in [0.3, 0.4) is 0 Å². The van der Waals surface area contributed by atoms with E-state index in [1.807, 2.05) is 0 Å². The molecule has 1 atom stereocenters. The predicted molar refractivity (Wildman–Crippen MR) is 57.0 cm³/mol. The normalized spacial score (nSPS) is 13.4. The molecule has 0 aliphatic rings. The molecule has 4 nitrogen and oxygen atoms in total. The first-order valence-corrected chi connectivity index (χ1v) is 5.07. The van der Waals surface area contributed by atoms with Crippen LogP contribution in [0.4, 0.5) is 13.2 Å². The summed E-state index contributed by atoms with van der Waals surface area (Å²) < 4.78 is 37.7. The second-order valence-electron chi connectivity index (χ2n) is 3.77. The van der Waals surface area contributed by atoms with Crippen molar-refractivity contribution in [3.63, 3.8) is 0 Å². The van der Waals surface area contributed by atoms with Crippen molar-refractivity contribution in [2.75, 3.05) is 6.61 Å². The highest BCUT2D eigenvalue weighted by atomic mass is 19.4. The number of aliphatic hydroxyl groups is 1. The molecule has 0 amide bonds. The molecular formula is C11H12F3NO3. The van der Waals surface area contributed by atoms with Gasteiger partial charge in [0, 0.05) is 12.6 Å². The molecule has 1 rings (SSSR count). The van der Waals surface area contributed by atoms with Crippen LogP contribution in [0.5, 0.6) is 0 Å². The van der Waals surface area contributed by atoms with Gasteiger partial charge < -0.3 is 15.9 Å². The molecule has 18 heavy (non-hydrogen) atoms. The van der Waals surface area contributed by atoms with E-state index in [1.54, 1.807) is 0 Å². The number of carbonyl (C=O) groups is 1. The van der Waals surface area contributed by atoms with Gasteiger partial charge in [-0.05, 0) is 30.2 Å². The van der Waals surface area contributed by atoms with E-state index in [-0.39, 0.29) is 18.6 Å². The van der Waals surface area contributed by atoms with Crippen LogP contribution in [0.15, 0.2) is 18.2 Å². The Morgan fingerprint density at radius 1 is 1.33 bits per heavy atom. The zero-order valence-electron chi connectivity index (χ0n) is 9.24. The minimum Gasteiger partial charge on any atom is -0.478 e. The number of aliphatic hydroxyl groups excluding tert-OH is 1. The van der Waals surface area contributed by atoms with Gasteiger partial charge in [0.2, 0.25) is 0 Å². The van der Waals surface area contributed by atoms with Crippen LogP contribution in [0.1, 0.15) is 33.9 Å². The number of halogens is 3. The molecule has 4 N–H and O–H groups in total. The lowest BCUT2D eigenvalue weighted by Crippen LogP contribution is -2.15. The topological polar surface area (TPSA) is 83.5 Å². The second-order valence-corrected chi connectivity index (χ2v) is 3.77. The minimum atomic E-state index is -4.64. The van der Waals surface area contributed by atoms with Gasteiger partial charge in [0.25, 0.3) is 0 Å². The molecule has 0 saturated heterocycles. The van der Waals surface area contributed by atoms with E-state index in [0.717, 1.165) is 12.1 Å². The van der Waals surface area contributed by atoms with E-state index >= 15 is 0 Å². The van der Waals surface area contributed by atoms with Crippen LogP contribution in [0.25, 0.3) is 0 Å². The summed E-state index contributed by atoms with van der Waals surface area (Å²) in [5, 5.41) is 17.4. The summed E-state index contributed by atoms with van der Waals surface area (Å²) in [7, 11) is 0. The number of hydrogen-bond acceptors (Lipinski definition) is 3. The average molecular weight is 263 g/mol. The van der Waals surface area contributed by atoms with Gasteiger partial charge in [0.05, 0.1) is 11.1 Å². The van der Waals surface area contributed by atoms with Crippen molar-refractivity contribution in [3.05, 3.63) is 34.9 Å². The lowest BCUT2D eigenvalue weighted by Gasteiger charge is -2.15. The van der Waals surface area contributed by atoms with Gasteiger partial charge >= 0.3 is 12.1 Å². The summed E-state index contributed by atoms with van der Waals surface area (Å²) in [6.45, 7) is -0.292. The largest absolute Gasteiger partial charge is 0.478 e. The number of alkyl halides is 3. The second kappa shape index (κ2) is 5.36. The van der Waals surface area contributed by atoms with E-state index in [9.17, 15) is 18.0 Å². The summed E-state index contributed by atoms with van der Waals surface area (Å²) in [6.07, 6.45) is -4.58. The molecule has 0 unspecified atom stereocenters. The van der Waals surface area contributed by atoms with Crippen LogP contribution in [-0.2, 0) is 6.18 Å². The maximum atomic E-state index is 12.6. The number of benzene rings is 1. The van der Waals surface area contributed by atoms with Crippen molar-refractivity contribution in [2.45, 2.75) is 18.6 Å². The summed E-state index contributed by atoms with van der Waals surface area (Å²) >= 11 is 0. The fourth-order valence-electron chi connectivity index (χ4n) is 1.46. The molecule has 0 radical (unpaired) electrons. The zero-order chi connectivity index (χ0) is 13.9. The SMILES string of the molecule is N[C@H](CCO)c1cc(C(=O)O)cc(C(F)(F)F)c1. The molecular weight excluding hydrogens is 251 g/mol. The summed E-state index contributed by atoms with van der Waals surface area (Å²) in [5.74, 6) is -1.46. The van der Waals surface area contributed by atoms with Crippen molar-refractivity contribution < 1.29 is 28.2 Å². The smallest absolute Gasteiger partial charge is 0.416 e. The molecule has 0 heterocycles. The Morgan fingerprint density at radius 2 is 1.94 bits per heavy atom. The Kier molecular flexibility index (Phi) is 4.31. The number of hydrogen-bond donors (Lipinski definition) is 3. The lowest BCUT2D eigenvalue weighted by atomic mass is 9.99. The van der Waals surface area contributed by atoms with E-state index in [1.165, 1.54) is 0 Å². The summed E-state index contributed by atoms with van der Waals surface area (Å²) in [6, 6.07) is 1.60. The number of aromatic carboxylic acids is 1. The highest BCUT2D eigenvalue weighted by molar-refractivity contribution is 5.88. The molecule has 0 aliphatic heterocycles. The van der Waals surface area contributed by atoms with E-state index in [0.29, 0.717) is 6.07 Å². The maximum absolute atomic E-state index is 12.6. The summed E-state index contributed by atoms with van der Waals surface area (Å²) in [5.41, 5.74) is 4.06.